The highest BCUT2D eigenvalue weighted by Gasteiger charge is 2.01. The predicted octanol–water partition coefficient (Wildman–Crippen LogP) is 0.0527. The summed E-state index contributed by atoms with van der Waals surface area (Å²) in [6, 6.07) is 0.582. The highest BCUT2D eigenvalue weighted by atomic mass is 16.4. The minimum Gasteiger partial charge on any atom is -0.409 e. The summed E-state index contributed by atoms with van der Waals surface area (Å²) in [4.78, 5) is 2.28. The Morgan fingerprint density at radius 2 is 2.21 bits per heavy atom. The van der Waals surface area contributed by atoms with E-state index in [4.69, 9.17) is 10.9 Å². The molecule has 0 fully saturated rings. The summed E-state index contributed by atoms with van der Waals surface area (Å²) in [5.41, 5.74) is 5.29. The first-order valence-corrected chi connectivity index (χ1v) is 4.95. The second-order valence-corrected chi connectivity index (χ2v) is 3.70. The van der Waals surface area contributed by atoms with Crippen LogP contribution in [0.5, 0.6) is 0 Å². The van der Waals surface area contributed by atoms with E-state index in [1.165, 1.54) is 0 Å². The quantitative estimate of drug-likeness (QED) is 0.179. The van der Waals surface area contributed by atoms with Crippen molar-refractivity contribution in [1.29, 1.82) is 0 Å². The molecule has 0 saturated heterocycles. The van der Waals surface area contributed by atoms with Crippen LogP contribution in [0.1, 0.15) is 20.3 Å². The number of amidine groups is 1. The van der Waals surface area contributed by atoms with Gasteiger partial charge in [-0.1, -0.05) is 5.16 Å². The number of nitrogens with one attached hydrogen (secondary N) is 1. The van der Waals surface area contributed by atoms with Crippen LogP contribution in [-0.2, 0) is 0 Å². The largest absolute Gasteiger partial charge is 0.409 e. The first-order valence-electron chi connectivity index (χ1n) is 4.95. The van der Waals surface area contributed by atoms with Crippen LogP contribution in [0.15, 0.2) is 5.16 Å². The van der Waals surface area contributed by atoms with Crippen molar-refractivity contribution in [3.05, 3.63) is 0 Å². The molecule has 0 radical (unpaired) electrons. The lowest BCUT2D eigenvalue weighted by Gasteiger charge is -2.20. The van der Waals surface area contributed by atoms with Crippen LogP contribution in [0, 0.1) is 0 Å². The average molecular weight is 202 g/mol. The van der Waals surface area contributed by atoms with Crippen molar-refractivity contribution in [2.45, 2.75) is 26.3 Å². The second-order valence-electron chi connectivity index (χ2n) is 3.70. The lowest BCUT2D eigenvalue weighted by Crippen LogP contribution is -2.32. The van der Waals surface area contributed by atoms with E-state index in [0.29, 0.717) is 12.6 Å². The van der Waals surface area contributed by atoms with Gasteiger partial charge in [-0.05, 0) is 40.4 Å². The summed E-state index contributed by atoms with van der Waals surface area (Å²) >= 11 is 0. The van der Waals surface area contributed by atoms with Crippen LogP contribution in [0.25, 0.3) is 0 Å². The third-order valence-corrected chi connectivity index (χ3v) is 2.18. The molecular formula is C9H22N4O. The zero-order chi connectivity index (χ0) is 11.0. The molecule has 5 nitrogen and oxygen atoms in total. The molecule has 0 amide bonds. The molecule has 0 atom stereocenters. The number of oxime groups is 1. The molecule has 0 aromatic carbocycles. The lowest BCUT2D eigenvalue weighted by atomic mass is 10.3. The number of rotatable bonds is 7. The zero-order valence-electron chi connectivity index (χ0n) is 9.32. The standard InChI is InChI=1S/C9H22N4O/c1-8(2)13(3)6-4-5-11-7-9(10)12-14/h8,11,14H,4-7H2,1-3H3,(H2,10,12). The van der Waals surface area contributed by atoms with Gasteiger partial charge in [0, 0.05) is 6.04 Å². The van der Waals surface area contributed by atoms with Gasteiger partial charge < -0.3 is 21.2 Å². The molecule has 0 saturated carbocycles. The van der Waals surface area contributed by atoms with E-state index in [9.17, 15) is 0 Å². The van der Waals surface area contributed by atoms with Gasteiger partial charge in [0.2, 0.25) is 0 Å². The van der Waals surface area contributed by atoms with Gasteiger partial charge >= 0.3 is 0 Å². The molecule has 0 heterocycles. The monoisotopic (exact) mass is 202 g/mol. The maximum absolute atomic E-state index is 8.27. The summed E-state index contributed by atoms with van der Waals surface area (Å²) in [7, 11) is 2.11. The van der Waals surface area contributed by atoms with Crippen molar-refractivity contribution in [2.24, 2.45) is 10.9 Å². The van der Waals surface area contributed by atoms with Crippen molar-refractivity contribution in [2.75, 3.05) is 26.7 Å². The van der Waals surface area contributed by atoms with E-state index >= 15 is 0 Å². The van der Waals surface area contributed by atoms with Gasteiger partial charge in [-0.25, -0.2) is 0 Å². The first kappa shape index (κ1) is 13.2. The smallest absolute Gasteiger partial charge is 0.153 e. The van der Waals surface area contributed by atoms with Crippen molar-refractivity contribution in [1.82, 2.24) is 10.2 Å². The molecule has 0 spiro atoms. The molecule has 4 N–H and O–H groups in total. The molecule has 0 aliphatic heterocycles. The number of nitrogens with zero attached hydrogens (tertiary/aromatic N) is 2. The molecular weight excluding hydrogens is 180 g/mol. The Kier molecular flexibility index (Phi) is 7.14. The predicted molar refractivity (Wildman–Crippen MR) is 58.7 cm³/mol. The topological polar surface area (TPSA) is 73.9 Å². The van der Waals surface area contributed by atoms with Crippen LogP contribution in [0.3, 0.4) is 0 Å². The van der Waals surface area contributed by atoms with Crippen LogP contribution < -0.4 is 11.1 Å². The lowest BCUT2D eigenvalue weighted by molar-refractivity contribution is 0.270. The van der Waals surface area contributed by atoms with Crippen LogP contribution in [0.2, 0.25) is 0 Å². The number of nitrogens with two attached hydrogens (primary N) is 1. The van der Waals surface area contributed by atoms with E-state index in [-0.39, 0.29) is 5.84 Å². The SMILES string of the molecule is CC(C)N(C)CCCNCC(N)=NO. The molecule has 0 unspecified atom stereocenters. The van der Waals surface area contributed by atoms with Crippen LogP contribution >= 0.6 is 0 Å². The highest BCUT2D eigenvalue weighted by molar-refractivity contribution is 5.81. The molecule has 0 aromatic rings. The Bertz CT molecular complexity index is 170. The minimum absolute atomic E-state index is 0.224. The van der Waals surface area contributed by atoms with Gasteiger partial charge in [-0.15, -0.1) is 0 Å². The average Bonchev–Trinajstić information content (AvgIpc) is 2.16. The fraction of sp³-hybridized carbons (Fsp3) is 0.889. The van der Waals surface area contributed by atoms with E-state index in [2.05, 4.69) is 36.3 Å². The zero-order valence-corrected chi connectivity index (χ0v) is 9.32. The van der Waals surface area contributed by atoms with Crippen molar-refractivity contribution >= 4 is 5.84 Å². The van der Waals surface area contributed by atoms with Crippen LogP contribution in [-0.4, -0.2) is 48.7 Å². The van der Waals surface area contributed by atoms with Gasteiger partial charge in [-0.2, -0.15) is 0 Å². The highest BCUT2D eigenvalue weighted by Crippen LogP contribution is 1.93. The fourth-order valence-corrected chi connectivity index (χ4v) is 0.963. The van der Waals surface area contributed by atoms with Gasteiger partial charge in [0.1, 0.15) is 0 Å². The third kappa shape index (κ3) is 6.68. The third-order valence-electron chi connectivity index (χ3n) is 2.18. The van der Waals surface area contributed by atoms with Gasteiger partial charge in [-0.3, -0.25) is 0 Å². The molecule has 84 valence electrons. The molecule has 0 aliphatic carbocycles. The van der Waals surface area contributed by atoms with E-state index in [1.54, 1.807) is 0 Å². The fourth-order valence-electron chi connectivity index (χ4n) is 0.963. The Morgan fingerprint density at radius 1 is 1.57 bits per heavy atom. The normalized spacial score (nSPS) is 12.8. The van der Waals surface area contributed by atoms with E-state index < -0.39 is 0 Å². The van der Waals surface area contributed by atoms with E-state index in [0.717, 1.165) is 19.5 Å². The van der Waals surface area contributed by atoms with Crippen LogP contribution in [0.4, 0.5) is 0 Å². The van der Waals surface area contributed by atoms with Gasteiger partial charge in [0.15, 0.2) is 5.84 Å². The van der Waals surface area contributed by atoms with Gasteiger partial charge in [0.05, 0.1) is 6.54 Å². The summed E-state index contributed by atoms with van der Waals surface area (Å²) in [5, 5.41) is 14.2. The van der Waals surface area contributed by atoms with E-state index in [1.807, 2.05) is 0 Å². The Hall–Kier alpha value is -0.810. The summed E-state index contributed by atoms with van der Waals surface area (Å²) in [6.07, 6.45) is 1.06. The Morgan fingerprint density at radius 3 is 2.71 bits per heavy atom. The molecule has 0 rings (SSSR count). The summed E-state index contributed by atoms with van der Waals surface area (Å²) in [5.74, 6) is 0.224. The second kappa shape index (κ2) is 7.58. The molecule has 0 aromatic heterocycles. The Labute approximate surface area is 86.0 Å². The molecule has 0 aliphatic rings. The van der Waals surface area contributed by atoms with Crippen molar-refractivity contribution < 1.29 is 5.21 Å². The van der Waals surface area contributed by atoms with Crippen molar-refractivity contribution in [3.8, 4) is 0 Å². The minimum atomic E-state index is 0.224. The van der Waals surface area contributed by atoms with Gasteiger partial charge in [0.25, 0.3) is 0 Å². The summed E-state index contributed by atoms with van der Waals surface area (Å²) in [6.45, 7) is 6.73. The Balaban J connectivity index is 3.30. The number of hydrogen-bond donors (Lipinski definition) is 3. The maximum atomic E-state index is 8.27. The maximum Gasteiger partial charge on any atom is 0.153 e. The molecule has 5 heteroatoms. The molecule has 14 heavy (non-hydrogen) atoms. The molecule has 0 bridgehead atoms. The first-order chi connectivity index (χ1) is 6.57. The van der Waals surface area contributed by atoms with Crippen molar-refractivity contribution in [3.63, 3.8) is 0 Å². The number of hydrogen-bond acceptors (Lipinski definition) is 4. The summed E-state index contributed by atoms with van der Waals surface area (Å²) < 4.78 is 0.